The first-order chi connectivity index (χ1) is 9.78. The van der Waals surface area contributed by atoms with Crippen LogP contribution in [0.2, 0.25) is 18.1 Å². The van der Waals surface area contributed by atoms with E-state index in [-0.39, 0.29) is 5.04 Å². The van der Waals surface area contributed by atoms with Crippen LogP contribution in [0.25, 0.3) is 0 Å². The van der Waals surface area contributed by atoms with Gasteiger partial charge in [0, 0.05) is 13.0 Å². The molecule has 1 amide bonds. The number of hydrogen-bond donors (Lipinski definition) is 0. The molecule has 6 heteroatoms. The van der Waals surface area contributed by atoms with Gasteiger partial charge in [-0.3, -0.25) is 9.69 Å². The van der Waals surface area contributed by atoms with E-state index >= 15 is 0 Å². The van der Waals surface area contributed by atoms with Gasteiger partial charge in [-0.2, -0.15) is 0 Å². The van der Waals surface area contributed by atoms with Crippen molar-refractivity contribution in [3.63, 3.8) is 0 Å². The predicted octanol–water partition coefficient (Wildman–Crippen LogP) is 4.06. The van der Waals surface area contributed by atoms with E-state index in [0.29, 0.717) is 30.7 Å². The maximum Gasteiger partial charge on any atom is 0.415 e. The largest absolute Gasteiger partial charge is 0.545 e. The van der Waals surface area contributed by atoms with Crippen LogP contribution in [0.3, 0.4) is 0 Å². The summed E-state index contributed by atoms with van der Waals surface area (Å²) in [7, 11) is -2.03. The third kappa shape index (κ3) is 4.35. The Hall–Kier alpha value is -1.30. The molecule has 0 aromatic rings. The fourth-order valence-electron chi connectivity index (χ4n) is 1.81. The zero-order valence-corrected chi connectivity index (χ0v) is 16.1. The standard InChI is InChI=1S/C16H29NO4Si/c1-15(2,3)20-14(19)17-10-9-13(12(17)11-18)21-22(7,8)16(4,5)6/h11H,9-10H2,1-8H3. The third-order valence-corrected chi connectivity index (χ3v) is 8.42. The van der Waals surface area contributed by atoms with Gasteiger partial charge in [0.25, 0.3) is 0 Å². The number of rotatable bonds is 3. The van der Waals surface area contributed by atoms with E-state index in [4.69, 9.17) is 9.16 Å². The number of carbonyl (C=O) groups excluding carboxylic acids is 2. The molecule has 1 rings (SSSR count). The maximum absolute atomic E-state index is 12.2. The van der Waals surface area contributed by atoms with Crippen molar-refractivity contribution in [3.05, 3.63) is 11.5 Å². The van der Waals surface area contributed by atoms with Crippen molar-refractivity contribution in [3.8, 4) is 0 Å². The van der Waals surface area contributed by atoms with E-state index in [2.05, 4.69) is 33.9 Å². The van der Waals surface area contributed by atoms with Gasteiger partial charge in [-0.25, -0.2) is 4.79 Å². The number of allylic oxidation sites excluding steroid dienone is 1. The van der Waals surface area contributed by atoms with Crippen LogP contribution in [-0.4, -0.2) is 37.7 Å². The van der Waals surface area contributed by atoms with Gasteiger partial charge in [0.15, 0.2) is 6.29 Å². The molecule has 0 aromatic carbocycles. The van der Waals surface area contributed by atoms with Gasteiger partial charge < -0.3 is 9.16 Å². The highest BCUT2D eigenvalue weighted by atomic mass is 28.4. The summed E-state index contributed by atoms with van der Waals surface area (Å²) in [5, 5.41) is 0.0351. The van der Waals surface area contributed by atoms with E-state index in [9.17, 15) is 9.59 Å². The molecule has 126 valence electrons. The number of ether oxygens (including phenoxy) is 1. The smallest absolute Gasteiger partial charge is 0.415 e. The third-order valence-electron chi connectivity index (χ3n) is 4.05. The number of aldehydes is 1. The van der Waals surface area contributed by atoms with Gasteiger partial charge in [0.05, 0.1) is 0 Å². The van der Waals surface area contributed by atoms with Gasteiger partial charge in [-0.15, -0.1) is 0 Å². The van der Waals surface area contributed by atoms with Crippen molar-refractivity contribution in [2.24, 2.45) is 0 Å². The molecule has 1 heterocycles. The van der Waals surface area contributed by atoms with Crippen LogP contribution in [0.5, 0.6) is 0 Å². The average Bonchev–Trinajstić information content (AvgIpc) is 2.67. The molecule has 0 N–H and O–H groups in total. The average molecular weight is 327 g/mol. The summed E-state index contributed by atoms with van der Waals surface area (Å²) in [6.07, 6.45) is 0.752. The Kier molecular flexibility index (Phi) is 5.17. The van der Waals surface area contributed by atoms with Crippen molar-refractivity contribution < 1.29 is 18.8 Å². The maximum atomic E-state index is 12.2. The second kappa shape index (κ2) is 6.06. The van der Waals surface area contributed by atoms with E-state index in [0.717, 1.165) is 0 Å². The Balaban J connectivity index is 2.99. The number of carbonyl (C=O) groups is 2. The minimum Gasteiger partial charge on any atom is -0.545 e. The molecular formula is C16H29NO4Si. The molecule has 0 saturated heterocycles. The lowest BCUT2D eigenvalue weighted by atomic mass is 10.2. The van der Waals surface area contributed by atoms with Crippen LogP contribution in [0.4, 0.5) is 4.79 Å². The molecule has 0 unspecified atom stereocenters. The molecule has 0 saturated carbocycles. The van der Waals surface area contributed by atoms with Gasteiger partial charge in [-0.05, 0) is 38.9 Å². The summed E-state index contributed by atoms with van der Waals surface area (Å²) in [6, 6.07) is 0. The summed E-state index contributed by atoms with van der Waals surface area (Å²) >= 11 is 0. The number of nitrogens with zero attached hydrogens (tertiary/aromatic N) is 1. The quantitative estimate of drug-likeness (QED) is 0.579. The molecule has 22 heavy (non-hydrogen) atoms. The second-order valence-electron chi connectivity index (χ2n) is 8.17. The number of amides is 1. The first-order valence-electron chi connectivity index (χ1n) is 7.66. The van der Waals surface area contributed by atoms with Crippen molar-refractivity contribution in [1.82, 2.24) is 4.90 Å². The molecule has 0 aliphatic carbocycles. The second-order valence-corrected chi connectivity index (χ2v) is 12.9. The lowest BCUT2D eigenvalue weighted by molar-refractivity contribution is -0.106. The van der Waals surface area contributed by atoms with E-state index < -0.39 is 20.0 Å². The fourth-order valence-corrected chi connectivity index (χ4v) is 2.94. The van der Waals surface area contributed by atoms with Gasteiger partial charge in [0.1, 0.15) is 17.1 Å². The lowest BCUT2D eigenvalue weighted by Crippen LogP contribution is -2.40. The van der Waals surface area contributed by atoms with Gasteiger partial charge in [-0.1, -0.05) is 20.8 Å². The topological polar surface area (TPSA) is 55.8 Å². The summed E-state index contributed by atoms with van der Waals surface area (Å²) < 4.78 is 11.6. The van der Waals surface area contributed by atoms with E-state index in [1.165, 1.54) is 4.90 Å². The van der Waals surface area contributed by atoms with Crippen LogP contribution < -0.4 is 0 Å². The van der Waals surface area contributed by atoms with Crippen molar-refractivity contribution in [2.75, 3.05) is 6.54 Å². The minimum absolute atomic E-state index is 0.0351. The molecular weight excluding hydrogens is 298 g/mol. The molecule has 0 spiro atoms. The Bertz CT molecular complexity index is 483. The Morgan fingerprint density at radius 3 is 2.14 bits per heavy atom. The van der Waals surface area contributed by atoms with Crippen molar-refractivity contribution in [1.29, 1.82) is 0 Å². The minimum atomic E-state index is -2.03. The SMILES string of the molecule is CC(C)(C)OC(=O)N1CCC(O[Si](C)(C)C(C)(C)C)=C1C=O. The molecule has 5 nitrogen and oxygen atoms in total. The van der Waals surface area contributed by atoms with Gasteiger partial charge in [0.2, 0.25) is 8.32 Å². The summed E-state index contributed by atoms with van der Waals surface area (Å²) in [5.74, 6) is 0.618. The van der Waals surface area contributed by atoms with Crippen LogP contribution in [0, 0.1) is 0 Å². The highest BCUT2D eigenvalue weighted by Gasteiger charge is 2.42. The number of hydrogen-bond acceptors (Lipinski definition) is 4. The molecule has 1 aliphatic heterocycles. The first kappa shape index (κ1) is 18.7. The van der Waals surface area contributed by atoms with Gasteiger partial charge >= 0.3 is 6.09 Å². The van der Waals surface area contributed by atoms with Crippen LogP contribution in [-0.2, 0) is 14.0 Å². The fraction of sp³-hybridized carbons (Fsp3) is 0.750. The Morgan fingerprint density at radius 1 is 1.18 bits per heavy atom. The van der Waals surface area contributed by atoms with Crippen LogP contribution >= 0.6 is 0 Å². The van der Waals surface area contributed by atoms with Crippen LogP contribution in [0.1, 0.15) is 48.0 Å². The summed E-state index contributed by atoms with van der Waals surface area (Å²) in [5.41, 5.74) is -0.284. The molecule has 0 fully saturated rings. The highest BCUT2D eigenvalue weighted by Crippen LogP contribution is 2.40. The molecule has 1 aliphatic rings. The lowest BCUT2D eigenvalue weighted by Gasteiger charge is -2.37. The van der Waals surface area contributed by atoms with E-state index in [1.807, 2.05) is 0 Å². The molecule has 0 aromatic heterocycles. The zero-order valence-electron chi connectivity index (χ0n) is 15.1. The Labute approximate surface area is 134 Å². The van der Waals surface area contributed by atoms with Crippen molar-refractivity contribution in [2.45, 2.75) is 71.7 Å². The predicted molar refractivity (Wildman–Crippen MR) is 88.9 cm³/mol. The summed E-state index contributed by atoms with van der Waals surface area (Å²) in [6.45, 7) is 16.5. The monoisotopic (exact) mass is 327 g/mol. The highest BCUT2D eigenvalue weighted by molar-refractivity contribution is 6.74. The first-order valence-corrected chi connectivity index (χ1v) is 10.6. The van der Waals surface area contributed by atoms with Crippen LogP contribution in [0.15, 0.2) is 11.5 Å². The van der Waals surface area contributed by atoms with E-state index in [1.54, 1.807) is 20.8 Å². The Morgan fingerprint density at radius 2 is 1.73 bits per heavy atom. The van der Waals surface area contributed by atoms with Crippen molar-refractivity contribution >= 4 is 20.7 Å². The molecule has 0 radical (unpaired) electrons. The zero-order chi connectivity index (χ0) is 17.3. The summed E-state index contributed by atoms with van der Waals surface area (Å²) in [4.78, 5) is 25.0. The molecule has 0 atom stereocenters. The molecule has 0 bridgehead atoms. The normalized spacial score (nSPS) is 16.8.